The second-order valence-corrected chi connectivity index (χ2v) is 4.00. The first kappa shape index (κ1) is 7.78. The first-order valence-corrected chi connectivity index (χ1v) is 4.70. The summed E-state index contributed by atoms with van der Waals surface area (Å²) in [4.78, 5) is 4.37. The Labute approximate surface area is 73.8 Å². The van der Waals surface area contributed by atoms with Crippen molar-refractivity contribution in [1.82, 2.24) is 4.98 Å². The molecule has 0 aromatic carbocycles. The predicted octanol–water partition coefficient (Wildman–Crippen LogP) is 2.84. The molecule has 0 N–H and O–H groups in total. The Morgan fingerprint density at radius 2 is 2.25 bits per heavy atom. The molecule has 0 saturated heterocycles. The Morgan fingerprint density at radius 3 is 2.75 bits per heavy atom. The van der Waals surface area contributed by atoms with Crippen LogP contribution in [0.5, 0.6) is 0 Å². The average molecular weight is 161 g/mol. The van der Waals surface area contributed by atoms with Gasteiger partial charge in [0.1, 0.15) is 0 Å². The molecule has 0 radical (unpaired) electrons. The van der Waals surface area contributed by atoms with Crippen LogP contribution in [-0.2, 0) is 0 Å². The van der Waals surface area contributed by atoms with Crippen molar-refractivity contribution in [3.63, 3.8) is 0 Å². The zero-order chi connectivity index (χ0) is 8.55. The Morgan fingerprint density at radius 1 is 1.42 bits per heavy atom. The van der Waals surface area contributed by atoms with Crippen molar-refractivity contribution in [2.45, 2.75) is 26.2 Å². The summed E-state index contributed by atoms with van der Waals surface area (Å²) < 4.78 is 0. The molecule has 1 fully saturated rings. The SMILES string of the molecule is CC(C)C1CC1c1ccccn1. The molecule has 64 valence electrons. The third kappa shape index (κ3) is 1.36. The smallest absolute Gasteiger partial charge is 0.0437 e. The second-order valence-electron chi connectivity index (χ2n) is 4.00. The molecule has 1 aliphatic rings. The van der Waals surface area contributed by atoms with Gasteiger partial charge in [0.2, 0.25) is 0 Å². The molecule has 1 aromatic rings. The Balaban J connectivity index is 2.06. The van der Waals surface area contributed by atoms with Crippen molar-refractivity contribution in [1.29, 1.82) is 0 Å². The molecule has 1 aliphatic carbocycles. The van der Waals surface area contributed by atoms with Crippen LogP contribution in [-0.4, -0.2) is 4.98 Å². The third-order valence-corrected chi connectivity index (χ3v) is 2.76. The van der Waals surface area contributed by atoms with Gasteiger partial charge in [-0.1, -0.05) is 19.9 Å². The minimum Gasteiger partial charge on any atom is -0.261 e. The van der Waals surface area contributed by atoms with Gasteiger partial charge < -0.3 is 0 Å². The van der Waals surface area contributed by atoms with Crippen molar-refractivity contribution in [2.24, 2.45) is 11.8 Å². The monoisotopic (exact) mass is 161 g/mol. The minimum absolute atomic E-state index is 0.756. The molecular formula is C11H15N. The molecule has 1 nitrogen and oxygen atoms in total. The van der Waals surface area contributed by atoms with Crippen LogP contribution in [0.4, 0.5) is 0 Å². The zero-order valence-corrected chi connectivity index (χ0v) is 7.70. The van der Waals surface area contributed by atoms with Crippen molar-refractivity contribution in [3.05, 3.63) is 30.1 Å². The van der Waals surface area contributed by atoms with Crippen LogP contribution >= 0.6 is 0 Å². The highest BCUT2D eigenvalue weighted by atomic mass is 14.7. The van der Waals surface area contributed by atoms with Gasteiger partial charge in [0.15, 0.2) is 0 Å². The second kappa shape index (κ2) is 2.89. The first-order valence-electron chi connectivity index (χ1n) is 4.70. The summed E-state index contributed by atoms with van der Waals surface area (Å²) in [5.41, 5.74) is 1.29. The maximum Gasteiger partial charge on any atom is 0.0437 e. The summed E-state index contributed by atoms with van der Waals surface area (Å²) in [7, 11) is 0. The fourth-order valence-electron chi connectivity index (χ4n) is 1.89. The summed E-state index contributed by atoms with van der Waals surface area (Å²) in [6, 6.07) is 6.21. The molecule has 2 atom stereocenters. The topological polar surface area (TPSA) is 12.9 Å². The number of nitrogens with zero attached hydrogens (tertiary/aromatic N) is 1. The lowest BCUT2D eigenvalue weighted by molar-refractivity contribution is 0.546. The molecular weight excluding hydrogens is 146 g/mol. The van der Waals surface area contributed by atoms with Gasteiger partial charge in [-0.05, 0) is 30.4 Å². The maximum atomic E-state index is 4.37. The quantitative estimate of drug-likeness (QED) is 0.650. The van der Waals surface area contributed by atoms with Crippen LogP contribution in [0.3, 0.4) is 0 Å². The van der Waals surface area contributed by atoms with Gasteiger partial charge in [-0.3, -0.25) is 4.98 Å². The minimum atomic E-state index is 0.756. The van der Waals surface area contributed by atoms with Crippen LogP contribution in [0.15, 0.2) is 24.4 Å². The molecule has 1 saturated carbocycles. The van der Waals surface area contributed by atoms with E-state index in [1.165, 1.54) is 12.1 Å². The highest BCUT2D eigenvalue weighted by molar-refractivity contribution is 5.18. The Bertz CT molecular complexity index is 253. The van der Waals surface area contributed by atoms with Gasteiger partial charge in [-0.15, -0.1) is 0 Å². The van der Waals surface area contributed by atoms with Crippen molar-refractivity contribution in [2.75, 3.05) is 0 Å². The van der Waals surface area contributed by atoms with E-state index in [1.807, 2.05) is 12.3 Å². The van der Waals surface area contributed by atoms with E-state index in [9.17, 15) is 0 Å². The van der Waals surface area contributed by atoms with E-state index >= 15 is 0 Å². The number of hydrogen-bond acceptors (Lipinski definition) is 1. The van der Waals surface area contributed by atoms with Crippen LogP contribution in [0.1, 0.15) is 31.9 Å². The van der Waals surface area contributed by atoms with Gasteiger partial charge in [-0.25, -0.2) is 0 Å². The normalized spacial score (nSPS) is 27.6. The summed E-state index contributed by atoms with van der Waals surface area (Å²) in [6.07, 6.45) is 3.24. The largest absolute Gasteiger partial charge is 0.261 e. The Kier molecular flexibility index (Phi) is 1.87. The number of aromatic nitrogens is 1. The molecule has 1 heterocycles. The van der Waals surface area contributed by atoms with Crippen LogP contribution in [0.2, 0.25) is 0 Å². The summed E-state index contributed by atoms with van der Waals surface area (Å²) in [5, 5.41) is 0. The number of rotatable bonds is 2. The molecule has 1 heteroatoms. The van der Waals surface area contributed by atoms with E-state index < -0.39 is 0 Å². The van der Waals surface area contributed by atoms with E-state index in [2.05, 4.69) is 31.0 Å². The van der Waals surface area contributed by atoms with E-state index in [1.54, 1.807) is 0 Å². The lowest BCUT2D eigenvalue weighted by atomic mass is 10.1. The van der Waals surface area contributed by atoms with Gasteiger partial charge >= 0.3 is 0 Å². The molecule has 0 aliphatic heterocycles. The Hall–Kier alpha value is -0.850. The van der Waals surface area contributed by atoms with Gasteiger partial charge in [-0.2, -0.15) is 0 Å². The fraction of sp³-hybridized carbons (Fsp3) is 0.545. The highest BCUT2D eigenvalue weighted by Crippen LogP contribution is 2.50. The fourth-order valence-corrected chi connectivity index (χ4v) is 1.89. The molecule has 0 bridgehead atoms. The average Bonchev–Trinajstić information content (AvgIpc) is 2.84. The molecule has 0 spiro atoms. The van der Waals surface area contributed by atoms with Crippen LogP contribution < -0.4 is 0 Å². The standard InChI is InChI=1S/C11H15N/c1-8(2)9-7-10(9)11-5-3-4-6-12-11/h3-6,8-10H,7H2,1-2H3. The van der Waals surface area contributed by atoms with Crippen molar-refractivity contribution < 1.29 is 0 Å². The van der Waals surface area contributed by atoms with Crippen molar-refractivity contribution in [3.8, 4) is 0 Å². The predicted molar refractivity (Wildman–Crippen MR) is 49.9 cm³/mol. The summed E-state index contributed by atoms with van der Waals surface area (Å²) in [5.74, 6) is 2.46. The molecule has 2 rings (SSSR count). The van der Waals surface area contributed by atoms with E-state index in [0.717, 1.165) is 17.8 Å². The van der Waals surface area contributed by atoms with Gasteiger partial charge in [0.25, 0.3) is 0 Å². The summed E-state index contributed by atoms with van der Waals surface area (Å²) in [6.45, 7) is 4.60. The van der Waals surface area contributed by atoms with E-state index in [-0.39, 0.29) is 0 Å². The lowest BCUT2D eigenvalue weighted by Gasteiger charge is -2.01. The van der Waals surface area contributed by atoms with Gasteiger partial charge in [0, 0.05) is 17.8 Å². The number of hydrogen-bond donors (Lipinski definition) is 0. The van der Waals surface area contributed by atoms with Crippen LogP contribution in [0, 0.1) is 11.8 Å². The first-order chi connectivity index (χ1) is 5.79. The molecule has 0 amide bonds. The molecule has 2 unspecified atom stereocenters. The van der Waals surface area contributed by atoms with E-state index in [4.69, 9.17) is 0 Å². The summed E-state index contributed by atoms with van der Waals surface area (Å²) >= 11 is 0. The van der Waals surface area contributed by atoms with E-state index in [0.29, 0.717) is 0 Å². The number of pyridine rings is 1. The lowest BCUT2D eigenvalue weighted by Crippen LogP contribution is -1.93. The molecule has 1 aromatic heterocycles. The van der Waals surface area contributed by atoms with Gasteiger partial charge in [0.05, 0.1) is 0 Å². The third-order valence-electron chi connectivity index (χ3n) is 2.76. The highest BCUT2D eigenvalue weighted by Gasteiger charge is 2.40. The zero-order valence-electron chi connectivity index (χ0n) is 7.70. The molecule has 12 heavy (non-hydrogen) atoms. The van der Waals surface area contributed by atoms with Crippen LogP contribution in [0.25, 0.3) is 0 Å². The van der Waals surface area contributed by atoms with Crippen molar-refractivity contribution >= 4 is 0 Å². The maximum absolute atomic E-state index is 4.37.